The van der Waals surface area contributed by atoms with E-state index in [4.69, 9.17) is 0 Å². The topological polar surface area (TPSA) is 33.2 Å². The molecule has 78 valence electrons. The minimum atomic E-state index is 0.154. The molecule has 0 atom stereocenters. The lowest BCUT2D eigenvalue weighted by atomic mass is 10.2. The number of anilines is 1. The summed E-state index contributed by atoms with van der Waals surface area (Å²) in [5.74, 6) is 0.154. The van der Waals surface area contributed by atoms with E-state index in [2.05, 4.69) is 11.9 Å². The third-order valence-electron chi connectivity index (χ3n) is 2.01. The van der Waals surface area contributed by atoms with Crippen LogP contribution in [0.3, 0.4) is 0 Å². The Morgan fingerprint density at radius 1 is 1.64 bits per heavy atom. The first-order valence-electron chi connectivity index (χ1n) is 4.83. The van der Waals surface area contributed by atoms with E-state index in [9.17, 15) is 4.79 Å². The zero-order valence-electron chi connectivity index (χ0n) is 8.91. The molecule has 0 aliphatic carbocycles. The van der Waals surface area contributed by atoms with Crippen molar-refractivity contribution < 1.29 is 4.79 Å². The fraction of sp³-hybridized carbons (Fsp3) is 0.600. The summed E-state index contributed by atoms with van der Waals surface area (Å²) in [7, 11) is 1.79. The van der Waals surface area contributed by atoms with Crippen molar-refractivity contribution in [1.29, 1.82) is 0 Å². The van der Waals surface area contributed by atoms with Crippen molar-refractivity contribution >= 4 is 22.4 Å². The second kappa shape index (κ2) is 5.10. The van der Waals surface area contributed by atoms with Crippen LogP contribution in [0.1, 0.15) is 31.9 Å². The number of carbonyl (C=O) groups excluding carboxylic acids is 1. The summed E-state index contributed by atoms with van der Waals surface area (Å²) in [4.78, 5) is 17.5. The fourth-order valence-corrected chi connectivity index (χ4v) is 1.88. The first-order chi connectivity index (χ1) is 6.65. The molecule has 0 aliphatic rings. The number of aryl methyl sites for hydroxylation is 1. The summed E-state index contributed by atoms with van der Waals surface area (Å²) in [6.07, 6.45) is 2.62. The molecule has 0 radical (unpaired) electrons. The summed E-state index contributed by atoms with van der Waals surface area (Å²) in [6.45, 7) is 4.02. The molecule has 14 heavy (non-hydrogen) atoms. The average Bonchev–Trinajstić information content (AvgIpc) is 2.60. The van der Waals surface area contributed by atoms with Crippen molar-refractivity contribution in [2.75, 3.05) is 11.9 Å². The second-order valence-corrected chi connectivity index (χ2v) is 4.16. The Morgan fingerprint density at radius 2 is 2.36 bits per heavy atom. The number of hydrogen-bond acceptors (Lipinski definition) is 3. The number of rotatable bonds is 4. The number of carbonyl (C=O) groups is 1. The molecule has 1 rings (SSSR count). The van der Waals surface area contributed by atoms with Crippen molar-refractivity contribution in [2.45, 2.75) is 33.1 Å². The Balaban J connectivity index is 2.56. The third-order valence-corrected chi connectivity index (χ3v) is 3.05. The van der Waals surface area contributed by atoms with Crippen LogP contribution in [0.5, 0.6) is 0 Å². The van der Waals surface area contributed by atoms with Crippen LogP contribution in [0.25, 0.3) is 0 Å². The Morgan fingerprint density at radius 3 is 2.86 bits per heavy atom. The Hall–Kier alpha value is -0.900. The average molecular weight is 212 g/mol. The maximum Gasteiger partial charge on any atom is 0.228 e. The van der Waals surface area contributed by atoms with Crippen molar-refractivity contribution in [1.82, 2.24) is 4.98 Å². The van der Waals surface area contributed by atoms with Crippen molar-refractivity contribution in [3.63, 3.8) is 0 Å². The molecular weight excluding hydrogens is 196 g/mol. The first kappa shape index (κ1) is 11.2. The first-order valence-corrected chi connectivity index (χ1v) is 5.71. The largest absolute Gasteiger partial charge is 0.291 e. The van der Waals surface area contributed by atoms with E-state index in [0.29, 0.717) is 6.42 Å². The molecule has 1 heterocycles. The molecule has 0 saturated carbocycles. The van der Waals surface area contributed by atoms with Gasteiger partial charge in [-0.1, -0.05) is 13.3 Å². The summed E-state index contributed by atoms with van der Waals surface area (Å²) < 4.78 is 0. The Kier molecular flexibility index (Phi) is 4.07. The van der Waals surface area contributed by atoms with Crippen molar-refractivity contribution in [3.05, 3.63) is 11.1 Å². The zero-order chi connectivity index (χ0) is 10.6. The van der Waals surface area contributed by atoms with Crippen LogP contribution >= 0.6 is 11.3 Å². The zero-order valence-corrected chi connectivity index (χ0v) is 9.73. The molecule has 4 heteroatoms. The molecule has 1 aromatic heterocycles. The molecular formula is C10H16N2OS. The smallest absolute Gasteiger partial charge is 0.228 e. The number of hydrogen-bond donors (Lipinski definition) is 0. The van der Waals surface area contributed by atoms with Crippen LogP contribution < -0.4 is 4.90 Å². The molecule has 0 bridgehead atoms. The van der Waals surface area contributed by atoms with Gasteiger partial charge in [0.1, 0.15) is 0 Å². The SMILES string of the molecule is CCCCC(=O)N(C)c1nc(C)cs1. The molecule has 0 saturated heterocycles. The van der Waals surface area contributed by atoms with E-state index in [1.54, 1.807) is 11.9 Å². The molecule has 3 nitrogen and oxygen atoms in total. The van der Waals surface area contributed by atoms with E-state index >= 15 is 0 Å². The van der Waals surface area contributed by atoms with E-state index in [0.717, 1.165) is 23.7 Å². The van der Waals surface area contributed by atoms with Gasteiger partial charge in [0.15, 0.2) is 5.13 Å². The summed E-state index contributed by atoms with van der Waals surface area (Å²) in [5.41, 5.74) is 0.972. The Bertz CT molecular complexity index is 309. The van der Waals surface area contributed by atoms with E-state index in [1.807, 2.05) is 12.3 Å². The highest BCUT2D eigenvalue weighted by molar-refractivity contribution is 7.14. The number of thiazole rings is 1. The summed E-state index contributed by atoms with van der Waals surface area (Å²) >= 11 is 1.51. The molecule has 0 aliphatic heterocycles. The second-order valence-electron chi connectivity index (χ2n) is 3.33. The van der Waals surface area contributed by atoms with Gasteiger partial charge in [-0.05, 0) is 13.3 Å². The van der Waals surface area contributed by atoms with Gasteiger partial charge in [0, 0.05) is 18.8 Å². The molecule has 0 aromatic carbocycles. The predicted octanol–water partition coefficient (Wildman–Crippen LogP) is 2.60. The Labute approximate surface area is 88.8 Å². The number of unbranched alkanes of at least 4 members (excludes halogenated alkanes) is 1. The minimum absolute atomic E-state index is 0.154. The lowest BCUT2D eigenvalue weighted by molar-refractivity contribution is -0.118. The van der Waals surface area contributed by atoms with Gasteiger partial charge in [-0.3, -0.25) is 9.69 Å². The molecule has 1 amide bonds. The van der Waals surface area contributed by atoms with E-state index in [-0.39, 0.29) is 5.91 Å². The van der Waals surface area contributed by atoms with Gasteiger partial charge in [-0.2, -0.15) is 0 Å². The van der Waals surface area contributed by atoms with Gasteiger partial charge in [0.05, 0.1) is 5.69 Å². The third kappa shape index (κ3) is 2.80. The van der Waals surface area contributed by atoms with Crippen LogP contribution in [0.15, 0.2) is 5.38 Å². The lowest BCUT2D eigenvalue weighted by Gasteiger charge is -2.12. The highest BCUT2D eigenvalue weighted by Gasteiger charge is 2.12. The minimum Gasteiger partial charge on any atom is -0.291 e. The fourth-order valence-electron chi connectivity index (χ4n) is 1.10. The van der Waals surface area contributed by atoms with Crippen LogP contribution in [-0.4, -0.2) is 17.9 Å². The van der Waals surface area contributed by atoms with Gasteiger partial charge in [0.2, 0.25) is 5.91 Å². The molecule has 0 N–H and O–H groups in total. The van der Waals surface area contributed by atoms with Gasteiger partial charge in [0.25, 0.3) is 0 Å². The van der Waals surface area contributed by atoms with Gasteiger partial charge in [-0.15, -0.1) is 11.3 Å². The molecule has 1 aromatic rings. The number of aromatic nitrogens is 1. The van der Waals surface area contributed by atoms with Gasteiger partial charge >= 0.3 is 0 Å². The van der Waals surface area contributed by atoms with E-state index in [1.165, 1.54) is 11.3 Å². The highest BCUT2D eigenvalue weighted by Crippen LogP contribution is 2.19. The standard InChI is InChI=1S/C10H16N2OS/c1-4-5-6-9(13)12(3)10-11-8(2)7-14-10/h7H,4-6H2,1-3H3. The predicted molar refractivity (Wildman–Crippen MR) is 59.8 cm³/mol. The maximum atomic E-state index is 11.6. The normalized spacial score (nSPS) is 10.2. The van der Waals surface area contributed by atoms with Crippen LogP contribution in [0.4, 0.5) is 5.13 Å². The molecule has 0 spiro atoms. The molecule has 0 fully saturated rings. The van der Waals surface area contributed by atoms with Crippen LogP contribution in [-0.2, 0) is 4.79 Å². The van der Waals surface area contributed by atoms with Crippen LogP contribution in [0.2, 0.25) is 0 Å². The van der Waals surface area contributed by atoms with Crippen molar-refractivity contribution in [3.8, 4) is 0 Å². The number of nitrogens with zero attached hydrogens (tertiary/aromatic N) is 2. The van der Waals surface area contributed by atoms with Gasteiger partial charge < -0.3 is 0 Å². The van der Waals surface area contributed by atoms with Gasteiger partial charge in [-0.25, -0.2) is 4.98 Å². The summed E-state index contributed by atoms with van der Waals surface area (Å²) in [6, 6.07) is 0. The van der Waals surface area contributed by atoms with Crippen molar-refractivity contribution in [2.24, 2.45) is 0 Å². The lowest BCUT2D eigenvalue weighted by Crippen LogP contribution is -2.25. The summed E-state index contributed by atoms with van der Waals surface area (Å²) in [5, 5.41) is 2.75. The quantitative estimate of drug-likeness (QED) is 0.768. The van der Waals surface area contributed by atoms with E-state index < -0.39 is 0 Å². The molecule has 0 unspecified atom stereocenters. The van der Waals surface area contributed by atoms with Crippen LogP contribution in [0, 0.1) is 6.92 Å². The maximum absolute atomic E-state index is 11.6. The monoisotopic (exact) mass is 212 g/mol. The number of amides is 1. The highest BCUT2D eigenvalue weighted by atomic mass is 32.1.